The lowest BCUT2D eigenvalue weighted by atomic mass is 9.63. The molecule has 1 N–H and O–H groups in total. The van der Waals surface area contributed by atoms with Crippen molar-refractivity contribution in [3.63, 3.8) is 0 Å². The molecule has 0 amide bonds. The molecule has 0 atom stereocenters. The van der Waals surface area contributed by atoms with Crippen LogP contribution >= 0.6 is 11.6 Å². The second-order valence-corrected chi connectivity index (χ2v) is 5.70. The van der Waals surface area contributed by atoms with Gasteiger partial charge < -0.3 is 9.84 Å². The third-order valence-electron chi connectivity index (χ3n) is 3.83. The first-order valence-corrected chi connectivity index (χ1v) is 6.40. The summed E-state index contributed by atoms with van der Waals surface area (Å²) in [4.78, 5) is 0. The van der Waals surface area contributed by atoms with Crippen molar-refractivity contribution < 1.29 is 9.84 Å². The first-order chi connectivity index (χ1) is 7.96. The van der Waals surface area contributed by atoms with Crippen molar-refractivity contribution in [2.24, 2.45) is 11.8 Å². The third kappa shape index (κ3) is 2.29. The molecular weight excluding hydrogens is 236 g/mol. The first-order valence-electron chi connectivity index (χ1n) is 6.02. The molecule has 2 rings (SSSR count). The molecule has 0 heterocycles. The van der Waals surface area contributed by atoms with E-state index in [4.69, 9.17) is 16.3 Å². The van der Waals surface area contributed by atoms with Crippen LogP contribution < -0.4 is 4.74 Å². The molecule has 2 nitrogen and oxygen atoms in total. The van der Waals surface area contributed by atoms with E-state index in [1.165, 1.54) is 0 Å². The van der Waals surface area contributed by atoms with Crippen LogP contribution in [0.3, 0.4) is 0 Å². The molecule has 0 radical (unpaired) electrons. The minimum atomic E-state index is -0.688. The summed E-state index contributed by atoms with van der Waals surface area (Å²) in [7, 11) is 1.59. The van der Waals surface area contributed by atoms with Crippen molar-refractivity contribution in [2.75, 3.05) is 7.11 Å². The summed E-state index contributed by atoms with van der Waals surface area (Å²) in [6.45, 7) is 4.40. The van der Waals surface area contributed by atoms with Crippen molar-refractivity contribution >= 4 is 11.6 Å². The summed E-state index contributed by atoms with van der Waals surface area (Å²) in [5.41, 5.74) is 0.225. The fourth-order valence-corrected chi connectivity index (χ4v) is 2.66. The Morgan fingerprint density at radius 3 is 2.59 bits per heavy atom. The van der Waals surface area contributed by atoms with Crippen LogP contribution in [0.5, 0.6) is 5.75 Å². The molecule has 1 aliphatic rings. The maximum atomic E-state index is 10.5. The second-order valence-electron chi connectivity index (χ2n) is 5.29. The molecule has 1 aromatic carbocycles. The molecule has 17 heavy (non-hydrogen) atoms. The number of methoxy groups -OCH3 is 1. The maximum absolute atomic E-state index is 10.5. The number of hydrogen-bond acceptors (Lipinski definition) is 2. The van der Waals surface area contributed by atoms with E-state index in [-0.39, 0.29) is 0 Å². The average Bonchev–Trinajstić information content (AvgIpc) is 2.25. The fourth-order valence-electron chi connectivity index (χ4n) is 2.46. The molecule has 0 unspecified atom stereocenters. The van der Waals surface area contributed by atoms with Gasteiger partial charge in [-0.25, -0.2) is 0 Å². The molecule has 3 heteroatoms. The quantitative estimate of drug-likeness (QED) is 0.893. The maximum Gasteiger partial charge on any atom is 0.137 e. The van der Waals surface area contributed by atoms with Gasteiger partial charge in [-0.2, -0.15) is 0 Å². The summed E-state index contributed by atoms with van der Waals surface area (Å²) in [6.07, 6.45) is 1.66. The summed E-state index contributed by atoms with van der Waals surface area (Å²) in [5.74, 6) is 1.87. The Bertz CT molecular complexity index is 409. The molecule has 0 saturated heterocycles. The van der Waals surface area contributed by atoms with Gasteiger partial charge in [0.2, 0.25) is 0 Å². The number of halogens is 1. The van der Waals surface area contributed by atoms with Crippen molar-refractivity contribution in [1.29, 1.82) is 0 Å². The van der Waals surface area contributed by atoms with E-state index < -0.39 is 5.60 Å². The molecule has 0 spiro atoms. The Balaban J connectivity index is 2.19. The smallest absolute Gasteiger partial charge is 0.137 e. The van der Waals surface area contributed by atoms with Crippen molar-refractivity contribution in [2.45, 2.75) is 32.3 Å². The fraction of sp³-hybridized carbons (Fsp3) is 0.571. The predicted molar refractivity (Wildman–Crippen MR) is 69.5 cm³/mol. The first kappa shape index (κ1) is 12.7. The van der Waals surface area contributed by atoms with Gasteiger partial charge in [0.25, 0.3) is 0 Å². The number of aliphatic hydroxyl groups is 1. The van der Waals surface area contributed by atoms with Crippen LogP contribution in [0.2, 0.25) is 5.02 Å². The Hall–Kier alpha value is -0.730. The standard InChI is InChI=1S/C14H19ClO2/c1-9(2)10-7-14(16,8-10)11-4-5-12(15)13(6-11)17-3/h4-6,9-10,16H,7-8H2,1-3H3. The molecule has 1 fully saturated rings. The van der Waals surface area contributed by atoms with E-state index in [2.05, 4.69) is 13.8 Å². The summed E-state index contributed by atoms with van der Waals surface area (Å²) < 4.78 is 5.18. The van der Waals surface area contributed by atoms with E-state index in [1.54, 1.807) is 13.2 Å². The van der Waals surface area contributed by atoms with Gasteiger partial charge in [0, 0.05) is 0 Å². The zero-order valence-corrected chi connectivity index (χ0v) is 11.3. The molecule has 94 valence electrons. The zero-order valence-electron chi connectivity index (χ0n) is 10.5. The molecule has 1 aromatic rings. The number of ether oxygens (including phenoxy) is 1. The lowest BCUT2D eigenvalue weighted by Gasteiger charge is -2.46. The van der Waals surface area contributed by atoms with Gasteiger partial charge in [-0.05, 0) is 42.4 Å². The Labute approximate surface area is 108 Å². The Morgan fingerprint density at radius 2 is 2.06 bits per heavy atom. The Kier molecular flexibility index (Phi) is 3.37. The lowest BCUT2D eigenvalue weighted by molar-refractivity contribution is -0.0934. The van der Waals surface area contributed by atoms with E-state index in [1.807, 2.05) is 12.1 Å². The van der Waals surface area contributed by atoms with Gasteiger partial charge in [-0.3, -0.25) is 0 Å². The van der Waals surface area contributed by atoms with Crippen molar-refractivity contribution in [3.8, 4) is 5.75 Å². The number of hydrogen-bond donors (Lipinski definition) is 1. The summed E-state index contributed by atoms with van der Waals surface area (Å²) in [5, 5.41) is 11.1. The molecule has 1 saturated carbocycles. The Morgan fingerprint density at radius 1 is 1.41 bits per heavy atom. The zero-order chi connectivity index (χ0) is 12.6. The normalized spacial score (nSPS) is 28.0. The van der Waals surface area contributed by atoms with E-state index in [0.29, 0.717) is 22.6 Å². The van der Waals surface area contributed by atoms with Gasteiger partial charge in [0.05, 0.1) is 17.7 Å². The van der Waals surface area contributed by atoms with Crippen LogP contribution in [0.25, 0.3) is 0 Å². The van der Waals surface area contributed by atoms with E-state index in [0.717, 1.165) is 18.4 Å². The summed E-state index contributed by atoms with van der Waals surface area (Å²) in [6, 6.07) is 5.52. The minimum absolute atomic E-state index is 0.583. The highest BCUT2D eigenvalue weighted by Gasteiger charge is 2.45. The van der Waals surface area contributed by atoms with Crippen molar-refractivity contribution in [1.82, 2.24) is 0 Å². The molecule has 0 bridgehead atoms. The minimum Gasteiger partial charge on any atom is -0.495 e. The average molecular weight is 255 g/mol. The largest absolute Gasteiger partial charge is 0.495 e. The highest BCUT2D eigenvalue weighted by atomic mass is 35.5. The van der Waals surface area contributed by atoms with Gasteiger partial charge in [-0.15, -0.1) is 0 Å². The molecular formula is C14H19ClO2. The molecule has 1 aliphatic carbocycles. The summed E-state index contributed by atoms with van der Waals surface area (Å²) >= 11 is 5.98. The number of benzene rings is 1. The van der Waals surface area contributed by atoms with E-state index in [9.17, 15) is 5.11 Å². The van der Waals surface area contributed by atoms with Gasteiger partial charge in [-0.1, -0.05) is 31.5 Å². The third-order valence-corrected chi connectivity index (χ3v) is 4.14. The van der Waals surface area contributed by atoms with Crippen LogP contribution in [0.1, 0.15) is 32.3 Å². The number of rotatable bonds is 3. The lowest BCUT2D eigenvalue weighted by Crippen LogP contribution is -2.43. The highest BCUT2D eigenvalue weighted by Crippen LogP contribution is 2.49. The van der Waals surface area contributed by atoms with Crippen LogP contribution in [-0.4, -0.2) is 12.2 Å². The van der Waals surface area contributed by atoms with Crippen LogP contribution in [0.15, 0.2) is 18.2 Å². The van der Waals surface area contributed by atoms with Crippen LogP contribution in [0, 0.1) is 11.8 Å². The predicted octanol–water partition coefficient (Wildman–Crippen LogP) is 3.60. The SMILES string of the molecule is COc1cc(C2(O)CC(C(C)C)C2)ccc1Cl. The topological polar surface area (TPSA) is 29.5 Å². The van der Waals surface area contributed by atoms with Crippen LogP contribution in [0.4, 0.5) is 0 Å². The van der Waals surface area contributed by atoms with E-state index >= 15 is 0 Å². The van der Waals surface area contributed by atoms with Crippen LogP contribution in [-0.2, 0) is 5.60 Å². The monoisotopic (exact) mass is 254 g/mol. The molecule has 0 aliphatic heterocycles. The van der Waals surface area contributed by atoms with Gasteiger partial charge >= 0.3 is 0 Å². The van der Waals surface area contributed by atoms with Gasteiger partial charge in [0.1, 0.15) is 5.75 Å². The van der Waals surface area contributed by atoms with Crippen molar-refractivity contribution in [3.05, 3.63) is 28.8 Å². The molecule has 0 aromatic heterocycles. The van der Waals surface area contributed by atoms with Gasteiger partial charge in [0.15, 0.2) is 0 Å². The second kappa shape index (κ2) is 4.51. The highest BCUT2D eigenvalue weighted by molar-refractivity contribution is 6.32.